The van der Waals surface area contributed by atoms with E-state index >= 15 is 0 Å². The van der Waals surface area contributed by atoms with Gasteiger partial charge < -0.3 is 14.3 Å². The molecule has 0 N–H and O–H groups in total. The molecule has 0 unspecified atom stereocenters. The summed E-state index contributed by atoms with van der Waals surface area (Å²) in [5, 5.41) is 0.968. The van der Waals surface area contributed by atoms with Gasteiger partial charge in [0, 0.05) is 11.6 Å². The lowest BCUT2D eigenvalue weighted by Gasteiger charge is -2.17. The SMILES string of the molecule is CCOC(=O)N(C)Oc1cccc(COC(=O)Cl)c1. The first kappa shape index (κ1) is 15.1. The number of rotatable bonds is 5. The maximum absolute atomic E-state index is 11.3. The fraction of sp³-hybridized carbons (Fsp3) is 0.333. The van der Waals surface area contributed by atoms with Crippen molar-refractivity contribution in [2.24, 2.45) is 0 Å². The van der Waals surface area contributed by atoms with Gasteiger partial charge in [-0.2, -0.15) is 0 Å². The van der Waals surface area contributed by atoms with Crippen LogP contribution in [-0.4, -0.2) is 30.2 Å². The zero-order chi connectivity index (χ0) is 14.3. The molecule has 0 fully saturated rings. The molecule has 6 nitrogen and oxygen atoms in total. The van der Waals surface area contributed by atoms with Crippen molar-refractivity contribution in [1.29, 1.82) is 0 Å². The summed E-state index contributed by atoms with van der Waals surface area (Å²) in [5.41, 5.74) is -0.196. The van der Waals surface area contributed by atoms with Gasteiger partial charge in [-0.1, -0.05) is 12.1 Å². The van der Waals surface area contributed by atoms with E-state index in [0.717, 1.165) is 5.06 Å². The van der Waals surface area contributed by atoms with Crippen LogP contribution in [0.4, 0.5) is 9.59 Å². The van der Waals surface area contributed by atoms with Crippen molar-refractivity contribution in [1.82, 2.24) is 5.06 Å². The number of carbonyl (C=O) groups is 2. The molecule has 1 aromatic carbocycles. The monoisotopic (exact) mass is 287 g/mol. The lowest BCUT2D eigenvalue weighted by atomic mass is 10.2. The molecule has 0 saturated carbocycles. The minimum atomic E-state index is -0.880. The molecule has 0 atom stereocenters. The highest BCUT2D eigenvalue weighted by atomic mass is 35.5. The second-order valence-electron chi connectivity index (χ2n) is 3.46. The molecule has 0 spiro atoms. The van der Waals surface area contributed by atoms with Crippen molar-refractivity contribution >= 4 is 23.1 Å². The predicted octanol–water partition coefficient (Wildman–Crippen LogP) is 2.94. The minimum Gasteiger partial charge on any atom is -0.449 e. The maximum atomic E-state index is 11.3. The van der Waals surface area contributed by atoms with Crippen LogP contribution in [0.5, 0.6) is 5.75 Å². The molecule has 19 heavy (non-hydrogen) atoms. The van der Waals surface area contributed by atoms with Gasteiger partial charge >= 0.3 is 11.5 Å². The van der Waals surface area contributed by atoms with Crippen LogP contribution in [-0.2, 0) is 16.1 Å². The predicted molar refractivity (Wildman–Crippen MR) is 67.9 cm³/mol. The van der Waals surface area contributed by atoms with E-state index in [-0.39, 0.29) is 13.2 Å². The molecule has 0 aliphatic rings. The first-order valence-electron chi connectivity index (χ1n) is 5.52. The number of amides is 1. The third-order valence-electron chi connectivity index (χ3n) is 2.02. The van der Waals surface area contributed by atoms with E-state index in [2.05, 4.69) is 4.74 Å². The Kier molecular flexibility index (Phi) is 5.95. The Labute approximate surface area is 115 Å². The third kappa shape index (κ3) is 5.48. The van der Waals surface area contributed by atoms with Crippen LogP contribution in [0.3, 0.4) is 0 Å². The number of hydroxylamine groups is 2. The number of nitrogens with zero attached hydrogens (tertiary/aromatic N) is 1. The van der Waals surface area contributed by atoms with Crippen molar-refractivity contribution in [3.8, 4) is 5.75 Å². The number of ether oxygens (including phenoxy) is 2. The van der Waals surface area contributed by atoms with E-state index in [1.54, 1.807) is 31.2 Å². The molecule has 0 aliphatic heterocycles. The second kappa shape index (κ2) is 7.48. The molecule has 1 rings (SSSR count). The largest absolute Gasteiger partial charge is 0.449 e. The summed E-state index contributed by atoms with van der Waals surface area (Å²) in [7, 11) is 1.43. The van der Waals surface area contributed by atoms with E-state index in [9.17, 15) is 9.59 Å². The van der Waals surface area contributed by atoms with Gasteiger partial charge in [-0.05, 0) is 24.6 Å². The zero-order valence-corrected chi connectivity index (χ0v) is 11.3. The first-order chi connectivity index (χ1) is 9.02. The fourth-order valence-corrected chi connectivity index (χ4v) is 1.30. The molecule has 0 saturated heterocycles. The molecular formula is C12H14ClNO5. The van der Waals surface area contributed by atoms with Crippen LogP contribution in [0.2, 0.25) is 0 Å². The molecule has 104 valence electrons. The van der Waals surface area contributed by atoms with Crippen LogP contribution < -0.4 is 4.84 Å². The topological polar surface area (TPSA) is 65.1 Å². The Balaban J connectivity index is 2.61. The lowest BCUT2D eigenvalue weighted by Crippen LogP contribution is -2.30. The Morgan fingerprint density at radius 2 is 2.05 bits per heavy atom. The summed E-state index contributed by atoms with van der Waals surface area (Å²) in [6.07, 6.45) is -0.597. The zero-order valence-electron chi connectivity index (χ0n) is 10.6. The number of hydrogen-bond donors (Lipinski definition) is 0. The number of benzene rings is 1. The standard InChI is InChI=1S/C12H14ClNO5/c1-3-17-12(16)14(2)19-10-6-4-5-9(7-10)8-18-11(13)15/h4-7H,3,8H2,1-2H3. The molecule has 1 aromatic rings. The quantitative estimate of drug-likeness (QED) is 0.615. The Bertz CT molecular complexity index is 452. The van der Waals surface area contributed by atoms with Crippen LogP contribution in [0.1, 0.15) is 12.5 Å². The minimum absolute atomic E-state index is 0.0304. The van der Waals surface area contributed by atoms with Gasteiger partial charge in [-0.15, -0.1) is 5.06 Å². The summed E-state index contributed by atoms with van der Waals surface area (Å²) >= 11 is 5.07. The molecule has 0 bridgehead atoms. The van der Waals surface area contributed by atoms with Crippen LogP contribution in [0.25, 0.3) is 0 Å². The summed E-state index contributed by atoms with van der Waals surface area (Å²) in [4.78, 5) is 27.1. The molecule has 0 radical (unpaired) electrons. The van der Waals surface area contributed by atoms with E-state index in [4.69, 9.17) is 21.2 Å². The van der Waals surface area contributed by atoms with Gasteiger partial charge in [-0.3, -0.25) is 0 Å². The van der Waals surface area contributed by atoms with E-state index in [1.807, 2.05) is 0 Å². The highest BCUT2D eigenvalue weighted by Gasteiger charge is 2.11. The molecule has 0 aromatic heterocycles. The van der Waals surface area contributed by atoms with Crippen molar-refractivity contribution < 1.29 is 23.9 Å². The summed E-state index contributed by atoms with van der Waals surface area (Å²) in [6, 6.07) is 6.71. The molecule has 7 heteroatoms. The average Bonchev–Trinajstić information content (AvgIpc) is 2.37. The van der Waals surface area contributed by atoms with Crippen LogP contribution in [0.15, 0.2) is 24.3 Å². The van der Waals surface area contributed by atoms with Gasteiger partial charge in [0.1, 0.15) is 6.61 Å². The third-order valence-corrected chi connectivity index (χ3v) is 2.13. The Hall–Kier alpha value is -1.95. The fourth-order valence-electron chi connectivity index (χ4n) is 1.24. The van der Waals surface area contributed by atoms with Gasteiger partial charge in [0.2, 0.25) is 0 Å². The summed E-state index contributed by atoms with van der Waals surface area (Å²) in [5.74, 6) is 0.415. The average molecular weight is 288 g/mol. The smallest absolute Gasteiger partial charge is 0.442 e. The van der Waals surface area contributed by atoms with E-state index < -0.39 is 11.5 Å². The van der Waals surface area contributed by atoms with Crippen molar-refractivity contribution in [3.05, 3.63) is 29.8 Å². The maximum Gasteiger partial charge on any atom is 0.442 e. The van der Waals surface area contributed by atoms with E-state index in [1.165, 1.54) is 7.05 Å². The van der Waals surface area contributed by atoms with Gasteiger partial charge in [0.05, 0.1) is 13.7 Å². The molecular weight excluding hydrogens is 274 g/mol. The van der Waals surface area contributed by atoms with E-state index in [0.29, 0.717) is 11.3 Å². The molecule has 0 aliphatic carbocycles. The van der Waals surface area contributed by atoms with Crippen molar-refractivity contribution in [2.75, 3.05) is 13.7 Å². The summed E-state index contributed by atoms with van der Waals surface area (Å²) < 4.78 is 9.40. The normalized spacial score (nSPS) is 9.63. The van der Waals surface area contributed by atoms with Gasteiger partial charge in [0.15, 0.2) is 5.75 Å². The van der Waals surface area contributed by atoms with Crippen LogP contribution in [0, 0.1) is 0 Å². The Morgan fingerprint density at radius 1 is 1.32 bits per heavy atom. The number of hydrogen-bond acceptors (Lipinski definition) is 5. The second-order valence-corrected chi connectivity index (χ2v) is 3.77. The first-order valence-corrected chi connectivity index (χ1v) is 5.90. The Morgan fingerprint density at radius 3 is 2.68 bits per heavy atom. The number of carbonyl (C=O) groups excluding carboxylic acids is 2. The van der Waals surface area contributed by atoms with Crippen molar-refractivity contribution in [3.63, 3.8) is 0 Å². The van der Waals surface area contributed by atoms with Crippen LogP contribution >= 0.6 is 11.6 Å². The highest BCUT2D eigenvalue weighted by molar-refractivity contribution is 6.61. The molecule has 0 heterocycles. The van der Waals surface area contributed by atoms with Gasteiger partial charge in [0.25, 0.3) is 0 Å². The van der Waals surface area contributed by atoms with Gasteiger partial charge in [-0.25, -0.2) is 9.59 Å². The number of halogens is 1. The highest BCUT2D eigenvalue weighted by Crippen LogP contribution is 2.15. The van der Waals surface area contributed by atoms with Crippen molar-refractivity contribution in [2.45, 2.75) is 13.5 Å². The summed E-state index contributed by atoms with van der Waals surface area (Å²) in [6.45, 7) is 1.99. The molecule has 1 amide bonds. The lowest BCUT2D eigenvalue weighted by molar-refractivity contribution is -0.0263.